The van der Waals surface area contributed by atoms with Crippen molar-refractivity contribution in [2.45, 2.75) is 82.5 Å². The number of hydrogen-bond acceptors (Lipinski definition) is 6. The van der Waals surface area contributed by atoms with Crippen LogP contribution in [0.5, 0.6) is 5.88 Å². The largest absolute Gasteiger partial charge is 0.474 e. The molecule has 2 saturated carbocycles. The Morgan fingerprint density at radius 3 is 2.80 bits per heavy atom. The summed E-state index contributed by atoms with van der Waals surface area (Å²) in [6.07, 6.45) is 11.0. The minimum Gasteiger partial charge on any atom is -0.474 e. The van der Waals surface area contributed by atoms with Gasteiger partial charge in [-0.25, -0.2) is 4.98 Å². The van der Waals surface area contributed by atoms with Crippen LogP contribution in [0.4, 0.5) is 5.69 Å². The van der Waals surface area contributed by atoms with Crippen molar-refractivity contribution in [1.29, 1.82) is 0 Å². The van der Waals surface area contributed by atoms with Gasteiger partial charge in [0.2, 0.25) is 11.7 Å². The molecule has 0 unspecified atom stereocenters. The fourth-order valence-corrected chi connectivity index (χ4v) is 5.36. The van der Waals surface area contributed by atoms with E-state index in [0.717, 1.165) is 44.2 Å². The van der Waals surface area contributed by atoms with Crippen molar-refractivity contribution in [2.75, 3.05) is 11.9 Å². The molecule has 1 N–H and O–H groups in total. The monoisotopic (exact) mass is 477 g/mol. The third-order valence-electron chi connectivity index (χ3n) is 7.79. The van der Waals surface area contributed by atoms with Gasteiger partial charge in [0.25, 0.3) is 11.5 Å². The highest BCUT2D eigenvalue weighted by Gasteiger charge is 2.55. The Morgan fingerprint density at radius 2 is 2.14 bits per heavy atom. The first-order valence-electron chi connectivity index (χ1n) is 12.5. The van der Waals surface area contributed by atoms with Crippen LogP contribution in [-0.4, -0.2) is 43.2 Å². The summed E-state index contributed by atoms with van der Waals surface area (Å²) < 4.78 is 15.6. The zero-order chi connectivity index (χ0) is 24.4. The van der Waals surface area contributed by atoms with E-state index in [9.17, 15) is 9.59 Å². The number of carbonyl (C=O) groups is 1. The summed E-state index contributed by atoms with van der Waals surface area (Å²) in [5.41, 5.74) is 1.06. The second-order valence-corrected chi connectivity index (χ2v) is 10.6. The molecule has 0 radical (unpaired) electrons. The number of rotatable bonds is 7. The van der Waals surface area contributed by atoms with Gasteiger partial charge in [-0.1, -0.05) is 6.92 Å². The summed E-state index contributed by atoms with van der Waals surface area (Å²) >= 11 is 0. The molecule has 2 bridgehead atoms. The Kier molecular flexibility index (Phi) is 5.03. The first-order valence-corrected chi connectivity index (χ1v) is 12.5. The molecule has 4 heterocycles. The van der Waals surface area contributed by atoms with Gasteiger partial charge >= 0.3 is 0 Å². The normalized spacial score (nSPS) is 26.3. The van der Waals surface area contributed by atoms with Crippen molar-refractivity contribution >= 4 is 17.4 Å². The molecular weight excluding hydrogens is 446 g/mol. The number of fused-ring (bicyclic) bond motifs is 3. The number of ether oxygens (including phenoxy) is 2. The first-order chi connectivity index (χ1) is 16.8. The molecule has 3 fully saturated rings. The molecular formula is C26H31N5O4. The fraction of sp³-hybridized carbons (Fsp3) is 0.538. The average molecular weight is 478 g/mol. The number of aromatic nitrogens is 4. The Bertz CT molecular complexity index is 1360. The van der Waals surface area contributed by atoms with Crippen LogP contribution < -0.4 is 15.6 Å². The molecule has 2 aliphatic carbocycles. The predicted octanol–water partition coefficient (Wildman–Crippen LogP) is 3.87. The summed E-state index contributed by atoms with van der Waals surface area (Å²) in [6.45, 7) is 6.76. The van der Waals surface area contributed by atoms with Gasteiger partial charge in [-0.05, 0) is 64.5 Å². The first kappa shape index (κ1) is 22.3. The lowest BCUT2D eigenvalue weighted by molar-refractivity contribution is -0.00627. The summed E-state index contributed by atoms with van der Waals surface area (Å²) in [4.78, 5) is 35.7. The molecule has 6 rings (SSSR count). The second kappa shape index (κ2) is 7.91. The van der Waals surface area contributed by atoms with Gasteiger partial charge in [0, 0.05) is 30.0 Å². The second-order valence-electron chi connectivity index (χ2n) is 10.6. The molecule has 3 aromatic rings. The number of carbonyl (C=O) groups excluding carboxylic acids is 1. The number of amides is 1. The highest BCUT2D eigenvalue weighted by Crippen LogP contribution is 2.53. The summed E-state index contributed by atoms with van der Waals surface area (Å²) in [5.74, 6) is 0.270. The third kappa shape index (κ3) is 3.82. The predicted molar refractivity (Wildman–Crippen MR) is 130 cm³/mol. The van der Waals surface area contributed by atoms with Crippen molar-refractivity contribution in [3.05, 3.63) is 52.3 Å². The summed E-state index contributed by atoms with van der Waals surface area (Å²) in [6, 6.07) is 3.64. The minimum atomic E-state index is -0.436. The van der Waals surface area contributed by atoms with E-state index >= 15 is 0 Å². The molecule has 1 saturated heterocycles. The number of pyridine rings is 1. The van der Waals surface area contributed by atoms with Gasteiger partial charge in [0.1, 0.15) is 11.3 Å². The van der Waals surface area contributed by atoms with E-state index in [4.69, 9.17) is 14.5 Å². The van der Waals surface area contributed by atoms with E-state index in [0.29, 0.717) is 12.4 Å². The third-order valence-corrected chi connectivity index (χ3v) is 7.79. The average Bonchev–Trinajstić information content (AvgIpc) is 3.37. The molecule has 3 aromatic heterocycles. The molecule has 9 nitrogen and oxygen atoms in total. The van der Waals surface area contributed by atoms with Crippen LogP contribution in [0.2, 0.25) is 0 Å². The molecule has 9 heteroatoms. The molecule has 3 aliphatic rings. The van der Waals surface area contributed by atoms with Crippen molar-refractivity contribution in [2.24, 2.45) is 0 Å². The van der Waals surface area contributed by atoms with Crippen LogP contribution in [0.3, 0.4) is 0 Å². The Hall–Kier alpha value is -3.20. The van der Waals surface area contributed by atoms with Gasteiger partial charge in [-0.3, -0.25) is 14.0 Å². The van der Waals surface area contributed by atoms with Crippen molar-refractivity contribution in [3.63, 3.8) is 0 Å². The van der Waals surface area contributed by atoms with Crippen molar-refractivity contribution in [3.8, 4) is 5.88 Å². The van der Waals surface area contributed by atoms with Gasteiger partial charge < -0.3 is 19.4 Å². The molecule has 3 atom stereocenters. The molecule has 35 heavy (non-hydrogen) atoms. The topological polar surface area (TPSA) is 99.8 Å². The smallest absolute Gasteiger partial charge is 0.274 e. The minimum absolute atomic E-state index is 0.0812. The number of anilines is 1. The van der Waals surface area contributed by atoms with Crippen LogP contribution in [0.15, 0.2) is 35.5 Å². The maximum atomic E-state index is 13.4. The fourth-order valence-electron chi connectivity index (χ4n) is 5.36. The summed E-state index contributed by atoms with van der Waals surface area (Å²) in [5, 5.41) is 2.79. The molecule has 0 aromatic carbocycles. The van der Waals surface area contributed by atoms with Gasteiger partial charge in [0.05, 0.1) is 24.0 Å². The number of hydrogen-bond donors (Lipinski definition) is 1. The van der Waals surface area contributed by atoms with Crippen LogP contribution in [0, 0.1) is 0 Å². The van der Waals surface area contributed by atoms with Crippen molar-refractivity contribution < 1.29 is 14.3 Å². The maximum absolute atomic E-state index is 13.4. The SMILES string of the molecule is CC[C@H](C)Oc1nc2nc([C@@]34CC[C@@](C)(C3)OC4)cn2cc1C(=O)Nc1cccn(C2CC2)c1=O. The quantitative estimate of drug-likeness (QED) is 0.555. The lowest BCUT2D eigenvalue weighted by atomic mass is 9.84. The van der Waals surface area contributed by atoms with E-state index in [-0.39, 0.29) is 45.9 Å². The van der Waals surface area contributed by atoms with Gasteiger partial charge in [0.15, 0.2) is 0 Å². The molecule has 0 spiro atoms. The van der Waals surface area contributed by atoms with E-state index < -0.39 is 5.91 Å². The van der Waals surface area contributed by atoms with Crippen LogP contribution in [0.1, 0.15) is 81.4 Å². The van der Waals surface area contributed by atoms with E-state index in [1.165, 1.54) is 0 Å². The number of imidazole rings is 1. The van der Waals surface area contributed by atoms with Crippen LogP contribution >= 0.6 is 0 Å². The lowest BCUT2D eigenvalue weighted by Crippen LogP contribution is -2.26. The Balaban J connectivity index is 1.37. The van der Waals surface area contributed by atoms with Crippen LogP contribution in [-0.2, 0) is 10.2 Å². The van der Waals surface area contributed by atoms with E-state index in [1.54, 1.807) is 33.5 Å². The van der Waals surface area contributed by atoms with E-state index in [2.05, 4.69) is 17.2 Å². The lowest BCUT2D eigenvalue weighted by Gasteiger charge is -2.24. The van der Waals surface area contributed by atoms with Crippen LogP contribution in [0.25, 0.3) is 5.78 Å². The zero-order valence-corrected chi connectivity index (χ0v) is 20.4. The van der Waals surface area contributed by atoms with Gasteiger partial charge in [-0.15, -0.1) is 0 Å². The molecule has 1 amide bonds. The standard InChI is InChI=1S/C26H31N5O4/c1-4-16(2)35-22-18(21(32)27-19-6-5-11-31(23(19)33)17-7-8-17)12-30-13-20(28-24(30)29-22)26-10-9-25(3,14-26)34-15-26/h5-6,11-13,16-17H,4,7-10,14-15H2,1-3H3,(H,27,32)/t16-,25-,26-/m0/s1. The van der Waals surface area contributed by atoms with E-state index in [1.807, 2.05) is 20.0 Å². The van der Waals surface area contributed by atoms with Crippen molar-refractivity contribution in [1.82, 2.24) is 18.9 Å². The number of nitrogens with zero attached hydrogens (tertiary/aromatic N) is 4. The van der Waals surface area contributed by atoms with Gasteiger partial charge in [-0.2, -0.15) is 4.98 Å². The highest BCUT2D eigenvalue weighted by molar-refractivity contribution is 6.05. The Morgan fingerprint density at radius 1 is 1.31 bits per heavy atom. The summed E-state index contributed by atoms with van der Waals surface area (Å²) in [7, 11) is 0. The highest BCUT2D eigenvalue weighted by atomic mass is 16.5. The number of nitrogens with one attached hydrogen (secondary N) is 1. The maximum Gasteiger partial charge on any atom is 0.274 e. The zero-order valence-electron chi connectivity index (χ0n) is 20.4. The molecule has 1 aliphatic heterocycles. The Labute approximate surface area is 203 Å². The molecule has 184 valence electrons.